The van der Waals surface area contributed by atoms with E-state index >= 15 is 0 Å². The molecule has 0 radical (unpaired) electrons. The first-order valence-electron chi connectivity index (χ1n) is 6.45. The molecular formula is C14H22N2O3. The zero-order valence-electron chi connectivity index (χ0n) is 12.0. The zero-order chi connectivity index (χ0) is 13.8. The van der Waals surface area contributed by atoms with Crippen molar-refractivity contribution in [1.29, 1.82) is 0 Å². The predicted molar refractivity (Wildman–Crippen MR) is 75.8 cm³/mol. The molecular weight excluding hydrogens is 244 g/mol. The maximum Gasteiger partial charge on any atom is 0.203 e. The molecule has 0 bridgehead atoms. The topological polar surface area (TPSA) is 43.0 Å². The van der Waals surface area contributed by atoms with Crippen LogP contribution < -0.4 is 24.4 Å². The quantitative estimate of drug-likeness (QED) is 0.875. The molecule has 5 nitrogen and oxygen atoms in total. The summed E-state index contributed by atoms with van der Waals surface area (Å²) in [5.41, 5.74) is 1.10. The summed E-state index contributed by atoms with van der Waals surface area (Å²) in [6, 6.07) is 4.54. The highest BCUT2D eigenvalue weighted by molar-refractivity contribution is 5.64. The number of nitrogens with one attached hydrogen (secondary N) is 1. The maximum atomic E-state index is 5.38. The van der Waals surface area contributed by atoms with Gasteiger partial charge in [-0.3, -0.25) is 0 Å². The van der Waals surface area contributed by atoms with Crippen molar-refractivity contribution in [3.05, 3.63) is 12.1 Å². The minimum Gasteiger partial charge on any atom is -0.493 e. The Balaban J connectivity index is 2.31. The van der Waals surface area contributed by atoms with Crippen LogP contribution in [0.3, 0.4) is 0 Å². The first kappa shape index (κ1) is 13.8. The summed E-state index contributed by atoms with van der Waals surface area (Å²) in [5.74, 6) is 2.03. The van der Waals surface area contributed by atoms with Crippen molar-refractivity contribution in [3.8, 4) is 17.2 Å². The van der Waals surface area contributed by atoms with Crippen LogP contribution in [0.1, 0.15) is 6.42 Å². The van der Waals surface area contributed by atoms with Gasteiger partial charge in [0.2, 0.25) is 5.75 Å². The third-order valence-electron chi connectivity index (χ3n) is 3.61. The Hall–Kier alpha value is -1.62. The number of methoxy groups -OCH3 is 3. The van der Waals surface area contributed by atoms with Gasteiger partial charge in [0.1, 0.15) is 0 Å². The van der Waals surface area contributed by atoms with E-state index in [0.29, 0.717) is 23.3 Å². The van der Waals surface area contributed by atoms with Gasteiger partial charge in [-0.25, -0.2) is 0 Å². The van der Waals surface area contributed by atoms with E-state index < -0.39 is 0 Å². The van der Waals surface area contributed by atoms with Crippen molar-refractivity contribution in [2.24, 2.45) is 0 Å². The Morgan fingerprint density at radius 3 is 2.16 bits per heavy atom. The number of anilines is 1. The Bertz CT molecular complexity index is 412. The van der Waals surface area contributed by atoms with Crippen LogP contribution >= 0.6 is 0 Å². The van der Waals surface area contributed by atoms with Gasteiger partial charge >= 0.3 is 0 Å². The molecule has 1 heterocycles. The van der Waals surface area contributed by atoms with E-state index in [2.05, 4.69) is 10.2 Å². The molecule has 19 heavy (non-hydrogen) atoms. The van der Waals surface area contributed by atoms with Crippen LogP contribution in [-0.4, -0.2) is 47.5 Å². The van der Waals surface area contributed by atoms with Gasteiger partial charge in [-0.15, -0.1) is 0 Å². The molecule has 1 atom stereocenters. The first-order chi connectivity index (χ1) is 9.23. The number of hydrogen-bond acceptors (Lipinski definition) is 5. The van der Waals surface area contributed by atoms with Gasteiger partial charge in [-0.2, -0.15) is 0 Å². The molecule has 0 amide bonds. The highest BCUT2D eigenvalue weighted by Crippen LogP contribution is 2.41. The fourth-order valence-corrected chi connectivity index (χ4v) is 2.48. The van der Waals surface area contributed by atoms with E-state index in [1.165, 1.54) is 0 Å². The van der Waals surface area contributed by atoms with Crippen LogP contribution in [0.4, 0.5) is 5.69 Å². The van der Waals surface area contributed by atoms with Crippen molar-refractivity contribution >= 4 is 5.69 Å². The fraction of sp³-hybridized carbons (Fsp3) is 0.571. The van der Waals surface area contributed by atoms with Crippen LogP contribution in [-0.2, 0) is 0 Å². The molecule has 1 aliphatic heterocycles. The number of rotatable bonds is 5. The molecule has 1 aromatic carbocycles. The lowest BCUT2D eigenvalue weighted by Crippen LogP contribution is -2.29. The van der Waals surface area contributed by atoms with Crippen molar-refractivity contribution in [2.45, 2.75) is 12.5 Å². The van der Waals surface area contributed by atoms with Crippen molar-refractivity contribution < 1.29 is 14.2 Å². The van der Waals surface area contributed by atoms with E-state index in [0.717, 1.165) is 25.2 Å². The van der Waals surface area contributed by atoms with Gasteiger partial charge in [-0.1, -0.05) is 0 Å². The summed E-state index contributed by atoms with van der Waals surface area (Å²) in [6.07, 6.45) is 1.15. The number of nitrogens with zero attached hydrogens (tertiary/aromatic N) is 1. The van der Waals surface area contributed by atoms with Crippen molar-refractivity contribution in [3.63, 3.8) is 0 Å². The summed E-state index contributed by atoms with van der Waals surface area (Å²) in [5, 5.41) is 3.31. The van der Waals surface area contributed by atoms with E-state index in [1.54, 1.807) is 21.3 Å². The first-order valence-corrected chi connectivity index (χ1v) is 6.45. The lowest BCUT2D eigenvalue weighted by Gasteiger charge is -2.21. The third kappa shape index (κ3) is 2.71. The van der Waals surface area contributed by atoms with Crippen molar-refractivity contribution in [2.75, 3.05) is 46.4 Å². The SMILES string of the molecule is CNC1CCN(c2cc(OC)c(OC)c(OC)c2)C1. The van der Waals surface area contributed by atoms with Gasteiger partial charge in [0.05, 0.1) is 21.3 Å². The highest BCUT2D eigenvalue weighted by atomic mass is 16.5. The van der Waals surface area contributed by atoms with Crippen LogP contribution in [0, 0.1) is 0 Å². The second-order valence-corrected chi connectivity index (χ2v) is 4.60. The largest absolute Gasteiger partial charge is 0.493 e. The zero-order valence-corrected chi connectivity index (χ0v) is 12.0. The normalized spacial score (nSPS) is 18.5. The van der Waals surface area contributed by atoms with E-state index in [9.17, 15) is 0 Å². The van der Waals surface area contributed by atoms with Crippen LogP contribution in [0.5, 0.6) is 17.2 Å². The molecule has 1 unspecified atom stereocenters. The standard InChI is InChI=1S/C14H22N2O3/c1-15-10-5-6-16(9-10)11-7-12(17-2)14(19-4)13(8-11)18-3/h7-8,10,15H,5-6,9H2,1-4H3. The smallest absolute Gasteiger partial charge is 0.203 e. The molecule has 106 valence electrons. The van der Waals surface area contributed by atoms with Crippen LogP contribution in [0.2, 0.25) is 0 Å². The number of benzene rings is 1. The summed E-state index contributed by atoms with van der Waals surface area (Å²) < 4.78 is 16.1. The van der Waals surface area contributed by atoms with Crippen LogP contribution in [0.25, 0.3) is 0 Å². The summed E-state index contributed by atoms with van der Waals surface area (Å²) in [6.45, 7) is 2.03. The molecule has 0 spiro atoms. The van der Waals surface area contributed by atoms with Crippen LogP contribution in [0.15, 0.2) is 12.1 Å². The van der Waals surface area contributed by atoms with Gasteiger partial charge in [0.15, 0.2) is 11.5 Å². The number of ether oxygens (including phenoxy) is 3. The van der Waals surface area contributed by atoms with E-state index in [1.807, 2.05) is 19.2 Å². The monoisotopic (exact) mass is 266 g/mol. The molecule has 0 saturated carbocycles. The highest BCUT2D eigenvalue weighted by Gasteiger charge is 2.23. The van der Waals surface area contributed by atoms with Gasteiger partial charge < -0.3 is 24.4 Å². The van der Waals surface area contributed by atoms with Gasteiger partial charge in [0, 0.05) is 37.0 Å². The minimum atomic E-state index is 0.541. The second kappa shape index (κ2) is 6.02. The minimum absolute atomic E-state index is 0.541. The molecule has 0 aromatic heterocycles. The lowest BCUT2D eigenvalue weighted by atomic mass is 10.2. The molecule has 1 aliphatic rings. The Morgan fingerprint density at radius 2 is 1.74 bits per heavy atom. The molecule has 0 aliphatic carbocycles. The summed E-state index contributed by atoms with van der Waals surface area (Å²) >= 11 is 0. The molecule has 1 saturated heterocycles. The van der Waals surface area contributed by atoms with Gasteiger partial charge in [0.25, 0.3) is 0 Å². The lowest BCUT2D eigenvalue weighted by molar-refractivity contribution is 0.324. The fourth-order valence-electron chi connectivity index (χ4n) is 2.48. The summed E-state index contributed by atoms with van der Waals surface area (Å²) in [4.78, 5) is 2.33. The maximum absolute atomic E-state index is 5.38. The number of likely N-dealkylation sites (N-methyl/N-ethyl adjacent to an activating group) is 1. The molecule has 5 heteroatoms. The number of hydrogen-bond donors (Lipinski definition) is 1. The van der Waals surface area contributed by atoms with E-state index in [-0.39, 0.29) is 0 Å². The Labute approximate surface area is 114 Å². The van der Waals surface area contributed by atoms with Gasteiger partial charge in [-0.05, 0) is 13.5 Å². The summed E-state index contributed by atoms with van der Waals surface area (Å²) in [7, 11) is 6.90. The molecule has 1 aromatic rings. The Morgan fingerprint density at radius 1 is 1.11 bits per heavy atom. The average molecular weight is 266 g/mol. The molecule has 1 fully saturated rings. The van der Waals surface area contributed by atoms with Crippen molar-refractivity contribution in [1.82, 2.24) is 5.32 Å². The third-order valence-corrected chi connectivity index (χ3v) is 3.61. The average Bonchev–Trinajstić information content (AvgIpc) is 2.94. The Kier molecular flexibility index (Phi) is 4.37. The molecule has 1 N–H and O–H groups in total. The van der Waals surface area contributed by atoms with E-state index in [4.69, 9.17) is 14.2 Å². The predicted octanol–water partition coefficient (Wildman–Crippen LogP) is 1.51. The second-order valence-electron chi connectivity index (χ2n) is 4.60. The molecule has 2 rings (SSSR count).